The summed E-state index contributed by atoms with van der Waals surface area (Å²) in [6.07, 6.45) is 1.94. The molecule has 20 heavy (non-hydrogen) atoms. The maximum atomic E-state index is 12.4. The van der Waals surface area contributed by atoms with Gasteiger partial charge in [0.25, 0.3) is 10.0 Å². The molecule has 4 nitrogen and oxygen atoms in total. The molecule has 106 valence electrons. The Bertz CT molecular complexity index is 707. The van der Waals surface area contributed by atoms with Gasteiger partial charge in [-0.3, -0.25) is 4.72 Å². The van der Waals surface area contributed by atoms with Gasteiger partial charge in [-0.05, 0) is 43.0 Å². The summed E-state index contributed by atoms with van der Waals surface area (Å²) in [6.45, 7) is 1.73. The maximum absolute atomic E-state index is 12.4. The second-order valence-electron chi connectivity index (χ2n) is 4.33. The fourth-order valence-corrected chi connectivity index (χ4v) is 3.80. The molecule has 0 aromatic heterocycles. The molecule has 0 radical (unpaired) electrons. The van der Waals surface area contributed by atoms with E-state index in [1.165, 1.54) is 0 Å². The fourth-order valence-electron chi connectivity index (χ4n) is 1.93. The van der Waals surface area contributed by atoms with Gasteiger partial charge in [0.05, 0.1) is 5.69 Å². The van der Waals surface area contributed by atoms with E-state index in [0.29, 0.717) is 11.3 Å². The van der Waals surface area contributed by atoms with E-state index in [1.54, 1.807) is 49.0 Å². The van der Waals surface area contributed by atoms with E-state index in [1.807, 2.05) is 18.4 Å². The molecule has 0 aliphatic carbocycles. The topological polar surface area (TPSA) is 72.2 Å². The Morgan fingerprint density at radius 2 is 1.85 bits per heavy atom. The first-order valence-corrected chi connectivity index (χ1v) is 8.67. The summed E-state index contributed by atoms with van der Waals surface area (Å²) in [5.41, 5.74) is 7.19. The molecule has 0 bridgehead atoms. The molecule has 0 saturated heterocycles. The lowest BCUT2D eigenvalue weighted by Gasteiger charge is -2.13. The van der Waals surface area contributed by atoms with Crippen molar-refractivity contribution in [1.82, 2.24) is 0 Å². The van der Waals surface area contributed by atoms with Gasteiger partial charge < -0.3 is 5.73 Å². The molecule has 2 aromatic rings. The average molecular weight is 308 g/mol. The summed E-state index contributed by atoms with van der Waals surface area (Å²) in [4.78, 5) is 1.12. The lowest BCUT2D eigenvalue weighted by Crippen LogP contribution is -2.16. The summed E-state index contributed by atoms with van der Waals surface area (Å²) in [7, 11) is -3.68. The molecule has 0 aliphatic heterocycles. The Hall–Kier alpha value is -1.66. The maximum Gasteiger partial charge on any atom is 0.264 e. The molecular formula is C14H16N2O2S2. The molecule has 0 atom stereocenters. The van der Waals surface area contributed by atoms with Crippen molar-refractivity contribution in [1.29, 1.82) is 0 Å². The third kappa shape index (κ3) is 3.08. The Labute approximate surface area is 123 Å². The predicted octanol–water partition coefficient (Wildman–Crippen LogP) is 3.10. The van der Waals surface area contributed by atoms with Gasteiger partial charge in [-0.15, -0.1) is 11.8 Å². The summed E-state index contributed by atoms with van der Waals surface area (Å²) in [6, 6.07) is 12.3. The summed E-state index contributed by atoms with van der Waals surface area (Å²) < 4.78 is 27.5. The summed E-state index contributed by atoms with van der Waals surface area (Å²) in [5, 5.41) is 0. The van der Waals surface area contributed by atoms with E-state index < -0.39 is 10.0 Å². The highest BCUT2D eigenvalue weighted by Gasteiger charge is 2.19. The molecule has 0 fully saturated rings. The van der Waals surface area contributed by atoms with Crippen molar-refractivity contribution >= 4 is 33.2 Å². The number of hydrogen-bond acceptors (Lipinski definition) is 4. The van der Waals surface area contributed by atoms with Crippen LogP contribution in [0.4, 0.5) is 11.4 Å². The van der Waals surface area contributed by atoms with Crippen LogP contribution in [-0.4, -0.2) is 14.7 Å². The average Bonchev–Trinajstić information content (AvgIpc) is 2.37. The van der Waals surface area contributed by atoms with Crippen LogP contribution in [-0.2, 0) is 10.0 Å². The van der Waals surface area contributed by atoms with Crippen LogP contribution in [0.5, 0.6) is 0 Å². The molecule has 6 heteroatoms. The third-order valence-corrected chi connectivity index (χ3v) is 5.16. The molecule has 0 heterocycles. The van der Waals surface area contributed by atoms with E-state index in [9.17, 15) is 8.42 Å². The van der Waals surface area contributed by atoms with Gasteiger partial charge >= 0.3 is 0 Å². The van der Waals surface area contributed by atoms with E-state index >= 15 is 0 Å². The van der Waals surface area contributed by atoms with Crippen molar-refractivity contribution in [3.8, 4) is 0 Å². The first-order valence-electron chi connectivity index (χ1n) is 5.96. The van der Waals surface area contributed by atoms with Gasteiger partial charge in [0.15, 0.2) is 0 Å². The molecule has 0 aliphatic rings. The van der Waals surface area contributed by atoms with Gasteiger partial charge in [0.1, 0.15) is 4.90 Å². The minimum Gasteiger partial charge on any atom is -0.398 e. The standard InChI is InChI=1S/C14H16N2O2S2/c1-10-5-3-8-13(15)14(10)20(17,18)16-11-6-4-7-12(9-11)19-2/h3-9,16H,15H2,1-2H3. The number of hydrogen-bond donors (Lipinski definition) is 2. The molecule has 0 amide bonds. The SMILES string of the molecule is CSc1cccc(NS(=O)(=O)c2c(C)cccc2N)c1. The van der Waals surface area contributed by atoms with Crippen molar-refractivity contribution in [3.63, 3.8) is 0 Å². The Kier molecular flexibility index (Phi) is 4.25. The Morgan fingerprint density at radius 3 is 2.50 bits per heavy atom. The van der Waals surface area contributed by atoms with Crippen LogP contribution in [0.25, 0.3) is 0 Å². The number of benzene rings is 2. The number of nitrogens with one attached hydrogen (secondary N) is 1. The first-order chi connectivity index (χ1) is 9.44. The van der Waals surface area contributed by atoms with Crippen LogP contribution in [0.15, 0.2) is 52.3 Å². The number of sulfonamides is 1. The summed E-state index contributed by atoms with van der Waals surface area (Å²) in [5.74, 6) is 0. The minimum atomic E-state index is -3.68. The predicted molar refractivity (Wildman–Crippen MR) is 84.6 cm³/mol. The second-order valence-corrected chi connectivity index (χ2v) is 6.83. The number of nitrogen functional groups attached to an aromatic ring is 1. The van der Waals surface area contributed by atoms with Crippen LogP contribution in [0.2, 0.25) is 0 Å². The van der Waals surface area contributed by atoms with E-state index in [-0.39, 0.29) is 10.6 Å². The van der Waals surface area contributed by atoms with Crippen LogP contribution < -0.4 is 10.5 Å². The lowest BCUT2D eigenvalue weighted by molar-refractivity contribution is 0.601. The molecular weight excluding hydrogens is 292 g/mol. The monoisotopic (exact) mass is 308 g/mol. The zero-order valence-corrected chi connectivity index (χ0v) is 12.9. The highest BCUT2D eigenvalue weighted by Crippen LogP contribution is 2.26. The molecule has 0 spiro atoms. The number of anilines is 2. The van der Waals surface area contributed by atoms with E-state index in [0.717, 1.165) is 4.90 Å². The van der Waals surface area contributed by atoms with Crippen molar-refractivity contribution in [2.45, 2.75) is 16.7 Å². The van der Waals surface area contributed by atoms with Gasteiger partial charge in [-0.1, -0.05) is 18.2 Å². The number of aryl methyl sites for hydroxylation is 1. The van der Waals surface area contributed by atoms with Crippen LogP contribution in [0, 0.1) is 6.92 Å². The highest BCUT2D eigenvalue weighted by atomic mass is 32.2. The number of nitrogens with two attached hydrogens (primary N) is 1. The van der Waals surface area contributed by atoms with Crippen molar-refractivity contribution in [2.75, 3.05) is 16.7 Å². The molecule has 2 aromatic carbocycles. The minimum absolute atomic E-state index is 0.134. The summed E-state index contributed by atoms with van der Waals surface area (Å²) >= 11 is 1.55. The fraction of sp³-hybridized carbons (Fsp3) is 0.143. The second kappa shape index (κ2) is 5.76. The van der Waals surface area contributed by atoms with Crippen molar-refractivity contribution in [3.05, 3.63) is 48.0 Å². The van der Waals surface area contributed by atoms with Gasteiger partial charge in [-0.2, -0.15) is 0 Å². The van der Waals surface area contributed by atoms with Gasteiger partial charge in [-0.25, -0.2) is 8.42 Å². The number of rotatable bonds is 4. The van der Waals surface area contributed by atoms with Crippen molar-refractivity contribution in [2.24, 2.45) is 0 Å². The highest BCUT2D eigenvalue weighted by molar-refractivity contribution is 7.98. The molecule has 3 N–H and O–H groups in total. The third-order valence-electron chi connectivity index (χ3n) is 2.83. The molecule has 0 unspecified atom stereocenters. The van der Waals surface area contributed by atoms with E-state index in [4.69, 9.17) is 5.73 Å². The van der Waals surface area contributed by atoms with Crippen LogP contribution in [0.3, 0.4) is 0 Å². The smallest absolute Gasteiger partial charge is 0.264 e. The van der Waals surface area contributed by atoms with Crippen LogP contribution in [0.1, 0.15) is 5.56 Å². The molecule has 2 rings (SSSR count). The lowest BCUT2D eigenvalue weighted by atomic mass is 10.2. The normalized spacial score (nSPS) is 11.3. The molecule has 0 saturated carbocycles. The first kappa shape index (κ1) is 14.7. The van der Waals surface area contributed by atoms with Gasteiger partial charge in [0.2, 0.25) is 0 Å². The number of thioether (sulfide) groups is 1. The Balaban J connectivity index is 2.41. The quantitative estimate of drug-likeness (QED) is 0.672. The zero-order valence-electron chi connectivity index (χ0n) is 11.3. The largest absolute Gasteiger partial charge is 0.398 e. The van der Waals surface area contributed by atoms with Crippen molar-refractivity contribution < 1.29 is 8.42 Å². The Morgan fingerprint density at radius 1 is 1.15 bits per heavy atom. The van der Waals surface area contributed by atoms with Gasteiger partial charge in [0, 0.05) is 10.6 Å². The van der Waals surface area contributed by atoms with Crippen LogP contribution >= 0.6 is 11.8 Å². The zero-order chi connectivity index (χ0) is 14.8. The van der Waals surface area contributed by atoms with E-state index in [2.05, 4.69) is 4.72 Å².